The summed E-state index contributed by atoms with van der Waals surface area (Å²) in [5.41, 5.74) is 0.643. The van der Waals surface area contributed by atoms with E-state index in [1.165, 1.54) is 0 Å². The Labute approximate surface area is 112 Å². The van der Waals surface area contributed by atoms with Crippen molar-refractivity contribution in [2.75, 3.05) is 7.11 Å². The lowest BCUT2D eigenvalue weighted by molar-refractivity contribution is 0.0814. The summed E-state index contributed by atoms with van der Waals surface area (Å²) < 4.78 is 10.9. The topological polar surface area (TPSA) is 35.5 Å². The van der Waals surface area contributed by atoms with Crippen LogP contribution in [0.25, 0.3) is 0 Å². The van der Waals surface area contributed by atoms with Crippen LogP contribution >= 0.6 is 0 Å². The van der Waals surface area contributed by atoms with Crippen molar-refractivity contribution in [1.82, 2.24) is 0 Å². The molecule has 0 N–H and O–H groups in total. The highest BCUT2D eigenvalue weighted by atomic mass is 16.5. The summed E-state index contributed by atoms with van der Waals surface area (Å²) in [4.78, 5) is 12.2. The molecule has 2 aromatic carbocycles. The van der Waals surface area contributed by atoms with E-state index in [0.29, 0.717) is 17.1 Å². The van der Waals surface area contributed by atoms with Gasteiger partial charge in [-0.25, -0.2) is 0 Å². The molecule has 3 nitrogen and oxygen atoms in total. The molecule has 1 unspecified atom stereocenters. The Balaban J connectivity index is 2.13. The molecule has 98 valence electrons. The van der Waals surface area contributed by atoms with E-state index in [1.807, 2.05) is 30.3 Å². The van der Waals surface area contributed by atoms with Gasteiger partial charge in [-0.05, 0) is 19.1 Å². The summed E-state index contributed by atoms with van der Waals surface area (Å²) >= 11 is 0. The Bertz CT molecular complexity index is 549. The van der Waals surface area contributed by atoms with Gasteiger partial charge < -0.3 is 9.47 Å². The highest BCUT2D eigenvalue weighted by Gasteiger charge is 2.17. The average molecular weight is 256 g/mol. The normalized spacial score (nSPS) is 11.7. The third-order valence-corrected chi connectivity index (χ3v) is 2.80. The fourth-order valence-corrected chi connectivity index (χ4v) is 1.80. The molecule has 1 atom stereocenters. The minimum Gasteiger partial charge on any atom is -0.493 e. The summed E-state index contributed by atoms with van der Waals surface area (Å²) in [5.74, 6) is 1.14. The fourth-order valence-electron chi connectivity index (χ4n) is 1.80. The molecule has 0 saturated carbocycles. The molecule has 0 amide bonds. The van der Waals surface area contributed by atoms with Crippen LogP contribution in [0.2, 0.25) is 0 Å². The molecule has 3 heteroatoms. The van der Waals surface area contributed by atoms with Gasteiger partial charge in [0, 0.05) is 5.56 Å². The molecular weight excluding hydrogens is 240 g/mol. The van der Waals surface area contributed by atoms with E-state index in [0.717, 1.165) is 0 Å². The Morgan fingerprint density at radius 3 is 2.16 bits per heavy atom. The largest absolute Gasteiger partial charge is 0.493 e. The number of para-hydroxylation sites is 2. The Morgan fingerprint density at radius 2 is 1.53 bits per heavy atom. The number of ether oxygens (including phenoxy) is 2. The quantitative estimate of drug-likeness (QED) is 0.770. The molecule has 0 aromatic heterocycles. The van der Waals surface area contributed by atoms with Crippen LogP contribution < -0.4 is 9.47 Å². The number of carbonyl (C=O) groups excluding carboxylic acids is 1. The van der Waals surface area contributed by atoms with Crippen molar-refractivity contribution in [2.45, 2.75) is 13.0 Å². The predicted octanol–water partition coefficient (Wildman–Crippen LogP) is 3.35. The second-order valence-corrected chi connectivity index (χ2v) is 4.14. The number of carbonyl (C=O) groups is 1. The van der Waals surface area contributed by atoms with Gasteiger partial charge in [-0.1, -0.05) is 42.5 Å². The summed E-state index contributed by atoms with van der Waals surface area (Å²) in [6.07, 6.45) is -0.557. The van der Waals surface area contributed by atoms with Crippen LogP contribution in [0.3, 0.4) is 0 Å². The van der Waals surface area contributed by atoms with Crippen molar-refractivity contribution < 1.29 is 14.3 Å². The Hall–Kier alpha value is -2.29. The predicted molar refractivity (Wildman–Crippen MR) is 73.9 cm³/mol. The van der Waals surface area contributed by atoms with Crippen molar-refractivity contribution in [2.24, 2.45) is 0 Å². The second-order valence-electron chi connectivity index (χ2n) is 4.14. The minimum absolute atomic E-state index is 0.0495. The molecule has 2 rings (SSSR count). The van der Waals surface area contributed by atoms with Crippen molar-refractivity contribution in [1.29, 1.82) is 0 Å². The number of benzene rings is 2. The number of ketones is 1. The molecule has 0 heterocycles. The SMILES string of the molecule is COc1ccccc1OC(C)C(=O)c1ccccc1. The van der Waals surface area contributed by atoms with Crippen molar-refractivity contribution in [3.05, 3.63) is 60.2 Å². The van der Waals surface area contributed by atoms with Crippen LogP contribution in [0.1, 0.15) is 17.3 Å². The van der Waals surface area contributed by atoms with Crippen LogP contribution in [0.15, 0.2) is 54.6 Å². The maximum atomic E-state index is 12.2. The number of Topliss-reactive ketones (excluding diaryl/α,β-unsaturated/α-hetero) is 1. The fraction of sp³-hybridized carbons (Fsp3) is 0.188. The van der Waals surface area contributed by atoms with Crippen LogP contribution in [0.5, 0.6) is 11.5 Å². The number of methoxy groups -OCH3 is 1. The zero-order valence-corrected chi connectivity index (χ0v) is 11.0. The van der Waals surface area contributed by atoms with Crippen LogP contribution in [-0.4, -0.2) is 19.0 Å². The van der Waals surface area contributed by atoms with E-state index in [2.05, 4.69) is 0 Å². The van der Waals surface area contributed by atoms with E-state index < -0.39 is 6.10 Å². The molecule has 19 heavy (non-hydrogen) atoms. The van der Waals surface area contributed by atoms with Gasteiger partial charge in [-0.15, -0.1) is 0 Å². The first kappa shape index (κ1) is 13.1. The van der Waals surface area contributed by atoms with Gasteiger partial charge in [0.15, 0.2) is 17.6 Å². The second kappa shape index (κ2) is 6.05. The number of hydrogen-bond donors (Lipinski definition) is 0. The number of hydrogen-bond acceptors (Lipinski definition) is 3. The maximum Gasteiger partial charge on any atom is 0.202 e. The van der Waals surface area contributed by atoms with E-state index >= 15 is 0 Å². The standard InChI is InChI=1S/C16H16O3/c1-12(16(17)13-8-4-3-5-9-13)19-15-11-7-6-10-14(15)18-2/h3-12H,1-2H3. The van der Waals surface area contributed by atoms with Crippen LogP contribution in [-0.2, 0) is 0 Å². The number of rotatable bonds is 5. The average Bonchev–Trinajstić information content (AvgIpc) is 2.48. The van der Waals surface area contributed by atoms with E-state index in [-0.39, 0.29) is 5.78 Å². The summed E-state index contributed by atoms with van der Waals surface area (Å²) in [6, 6.07) is 16.4. The van der Waals surface area contributed by atoms with Gasteiger partial charge in [-0.3, -0.25) is 4.79 Å². The highest BCUT2D eigenvalue weighted by molar-refractivity contribution is 5.99. The van der Waals surface area contributed by atoms with Gasteiger partial charge in [0.05, 0.1) is 7.11 Å². The molecule has 0 bridgehead atoms. The molecule has 0 spiro atoms. The molecule has 0 radical (unpaired) electrons. The van der Waals surface area contributed by atoms with Gasteiger partial charge in [0.25, 0.3) is 0 Å². The molecule has 2 aromatic rings. The van der Waals surface area contributed by atoms with Crippen LogP contribution in [0.4, 0.5) is 0 Å². The molecule has 0 fully saturated rings. The van der Waals surface area contributed by atoms with Gasteiger partial charge >= 0.3 is 0 Å². The van der Waals surface area contributed by atoms with Gasteiger partial charge in [0.2, 0.25) is 5.78 Å². The van der Waals surface area contributed by atoms with Gasteiger partial charge in [0.1, 0.15) is 0 Å². The molecule has 0 saturated heterocycles. The first-order chi connectivity index (χ1) is 9.22. The van der Waals surface area contributed by atoms with E-state index in [4.69, 9.17) is 9.47 Å². The van der Waals surface area contributed by atoms with Crippen LogP contribution in [0, 0.1) is 0 Å². The highest BCUT2D eigenvalue weighted by Crippen LogP contribution is 2.27. The first-order valence-corrected chi connectivity index (χ1v) is 6.11. The zero-order chi connectivity index (χ0) is 13.7. The van der Waals surface area contributed by atoms with Crippen molar-refractivity contribution in [3.8, 4) is 11.5 Å². The first-order valence-electron chi connectivity index (χ1n) is 6.11. The Morgan fingerprint density at radius 1 is 0.947 bits per heavy atom. The zero-order valence-electron chi connectivity index (χ0n) is 11.0. The summed E-state index contributed by atoms with van der Waals surface area (Å²) in [6.45, 7) is 1.74. The van der Waals surface area contributed by atoms with Gasteiger partial charge in [-0.2, -0.15) is 0 Å². The molecule has 0 aliphatic carbocycles. The summed E-state index contributed by atoms with van der Waals surface area (Å²) in [5, 5.41) is 0. The van der Waals surface area contributed by atoms with E-state index in [9.17, 15) is 4.79 Å². The molecule has 0 aliphatic rings. The minimum atomic E-state index is -0.557. The lowest BCUT2D eigenvalue weighted by Gasteiger charge is -2.15. The van der Waals surface area contributed by atoms with Crippen molar-refractivity contribution in [3.63, 3.8) is 0 Å². The van der Waals surface area contributed by atoms with Crippen molar-refractivity contribution >= 4 is 5.78 Å². The van der Waals surface area contributed by atoms with E-state index in [1.54, 1.807) is 38.3 Å². The Kier molecular flexibility index (Phi) is 4.18. The summed E-state index contributed by atoms with van der Waals surface area (Å²) in [7, 11) is 1.58. The maximum absolute atomic E-state index is 12.2. The third kappa shape index (κ3) is 3.13. The molecule has 0 aliphatic heterocycles. The molecular formula is C16H16O3. The lowest BCUT2D eigenvalue weighted by Crippen LogP contribution is -2.24. The third-order valence-electron chi connectivity index (χ3n) is 2.80. The lowest BCUT2D eigenvalue weighted by atomic mass is 10.1. The monoisotopic (exact) mass is 256 g/mol. The smallest absolute Gasteiger partial charge is 0.202 e.